The molecule has 1 fully saturated rings. The van der Waals surface area contributed by atoms with E-state index in [0.717, 1.165) is 25.3 Å². The lowest BCUT2D eigenvalue weighted by molar-refractivity contribution is 0.549. The molecule has 4 nitrogen and oxygen atoms in total. The van der Waals surface area contributed by atoms with Gasteiger partial charge in [-0.2, -0.15) is 0 Å². The summed E-state index contributed by atoms with van der Waals surface area (Å²) in [5, 5.41) is 0. The predicted octanol–water partition coefficient (Wildman–Crippen LogP) is 2.64. The van der Waals surface area contributed by atoms with Crippen molar-refractivity contribution >= 4 is 31.6 Å². The van der Waals surface area contributed by atoms with Crippen molar-refractivity contribution in [2.45, 2.75) is 37.1 Å². The minimum Gasteiger partial charge on any atom is -0.399 e. The molecule has 0 bridgehead atoms. The van der Waals surface area contributed by atoms with Crippen LogP contribution in [0.3, 0.4) is 0 Å². The summed E-state index contributed by atoms with van der Waals surface area (Å²) in [5.74, 6) is -0.443. The van der Waals surface area contributed by atoms with Crippen molar-refractivity contribution in [3.05, 3.63) is 22.4 Å². The zero-order valence-corrected chi connectivity index (χ0v) is 12.9. The third-order valence-corrected chi connectivity index (χ3v) is 5.26. The second kappa shape index (κ2) is 5.38. The van der Waals surface area contributed by atoms with Crippen LogP contribution in [0.25, 0.3) is 0 Å². The summed E-state index contributed by atoms with van der Waals surface area (Å²) < 4.78 is 40.7. The molecule has 0 saturated heterocycles. The summed E-state index contributed by atoms with van der Waals surface area (Å²) in [4.78, 5) is -0.401. The van der Waals surface area contributed by atoms with Crippen LogP contribution in [0.2, 0.25) is 0 Å². The molecule has 3 N–H and O–H groups in total. The first-order chi connectivity index (χ1) is 8.85. The van der Waals surface area contributed by atoms with E-state index in [1.165, 1.54) is 6.07 Å². The molecule has 19 heavy (non-hydrogen) atoms. The largest absolute Gasteiger partial charge is 0.399 e. The Morgan fingerprint density at radius 3 is 2.84 bits per heavy atom. The monoisotopic (exact) mass is 350 g/mol. The van der Waals surface area contributed by atoms with Gasteiger partial charge in [0.15, 0.2) is 5.82 Å². The molecular formula is C12H16BrFN2O2S. The fourth-order valence-corrected chi connectivity index (χ4v) is 4.18. The summed E-state index contributed by atoms with van der Waals surface area (Å²) in [6.07, 6.45) is 2.82. The number of benzene rings is 1. The molecule has 0 heterocycles. The van der Waals surface area contributed by atoms with Crippen LogP contribution >= 0.6 is 15.9 Å². The van der Waals surface area contributed by atoms with Crippen molar-refractivity contribution < 1.29 is 12.8 Å². The number of anilines is 1. The Kier molecular flexibility index (Phi) is 4.17. The molecule has 0 aliphatic heterocycles. The molecule has 7 heteroatoms. The van der Waals surface area contributed by atoms with Gasteiger partial charge in [-0.15, -0.1) is 0 Å². The molecule has 1 aliphatic rings. The summed E-state index contributed by atoms with van der Waals surface area (Å²) >= 11 is 2.96. The molecule has 1 aromatic carbocycles. The standard InChI is InChI=1S/C12H16BrFN2O2S/c1-2-3-7-4-10(7)16-19(17,18)11-6-8(15)5-9(13)12(11)14/h5-7,10,16H,2-4,15H2,1H3. The van der Waals surface area contributed by atoms with Crippen molar-refractivity contribution in [3.63, 3.8) is 0 Å². The highest BCUT2D eigenvalue weighted by atomic mass is 79.9. The maximum absolute atomic E-state index is 13.9. The number of rotatable bonds is 5. The third-order valence-electron chi connectivity index (χ3n) is 3.20. The fourth-order valence-electron chi connectivity index (χ4n) is 2.12. The Hall–Kier alpha value is -0.660. The van der Waals surface area contributed by atoms with E-state index in [-0.39, 0.29) is 16.2 Å². The zero-order valence-electron chi connectivity index (χ0n) is 10.5. The average molecular weight is 351 g/mol. The molecule has 0 spiro atoms. The van der Waals surface area contributed by atoms with Crippen molar-refractivity contribution in [1.29, 1.82) is 0 Å². The summed E-state index contributed by atoms with van der Waals surface area (Å²) in [6.45, 7) is 2.05. The first-order valence-corrected chi connectivity index (χ1v) is 8.39. The van der Waals surface area contributed by atoms with E-state index >= 15 is 0 Å². The minimum absolute atomic E-state index is 0.0498. The van der Waals surface area contributed by atoms with Gasteiger partial charge in [-0.25, -0.2) is 17.5 Å². The normalized spacial score (nSPS) is 22.5. The van der Waals surface area contributed by atoms with Gasteiger partial charge in [-0.1, -0.05) is 13.3 Å². The van der Waals surface area contributed by atoms with Crippen LogP contribution < -0.4 is 10.5 Å². The molecule has 106 valence electrons. The Labute approximate surface area is 120 Å². The van der Waals surface area contributed by atoms with E-state index in [0.29, 0.717) is 5.92 Å². The maximum Gasteiger partial charge on any atom is 0.243 e. The lowest BCUT2D eigenvalue weighted by atomic mass is 10.2. The second-order valence-electron chi connectivity index (χ2n) is 4.83. The molecule has 2 atom stereocenters. The van der Waals surface area contributed by atoms with Crippen molar-refractivity contribution in [1.82, 2.24) is 4.72 Å². The highest BCUT2D eigenvalue weighted by Crippen LogP contribution is 2.36. The third kappa shape index (κ3) is 3.27. The number of nitrogens with two attached hydrogens (primary N) is 1. The first-order valence-electron chi connectivity index (χ1n) is 6.12. The zero-order chi connectivity index (χ0) is 14.2. The Bertz CT molecular complexity index is 592. The van der Waals surface area contributed by atoms with Gasteiger partial charge in [-0.05, 0) is 46.8 Å². The number of hydrogen-bond donors (Lipinski definition) is 2. The van der Waals surface area contributed by atoms with Gasteiger partial charge in [0.2, 0.25) is 10.0 Å². The highest BCUT2D eigenvalue weighted by molar-refractivity contribution is 9.10. The van der Waals surface area contributed by atoms with Gasteiger partial charge < -0.3 is 5.73 Å². The molecule has 1 saturated carbocycles. The first kappa shape index (κ1) is 14.7. The van der Waals surface area contributed by atoms with Crippen molar-refractivity contribution in [2.24, 2.45) is 5.92 Å². The van der Waals surface area contributed by atoms with E-state index in [2.05, 4.69) is 27.6 Å². The van der Waals surface area contributed by atoms with Crippen LogP contribution in [0, 0.1) is 11.7 Å². The minimum atomic E-state index is -3.86. The SMILES string of the molecule is CCCC1CC1NS(=O)(=O)c1cc(N)cc(Br)c1F. The number of hydrogen-bond acceptors (Lipinski definition) is 3. The van der Waals surface area contributed by atoms with Gasteiger partial charge in [0.1, 0.15) is 4.90 Å². The fraction of sp³-hybridized carbons (Fsp3) is 0.500. The number of sulfonamides is 1. The molecule has 1 aromatic rings. The molecule has 0 amide bonds. The average Bonchev–Trinajstić information content (AvgIpc) is 3.01. The molecular weight excluding hydrogens is 335 g/mol. The second-order valence-corrected chi connectivity index (χ2v) is 7.36. The van der Waals surface area contributed by atoms with Crippen molar-refractivity contribution in [2.75, 3.05) is 5.73 Å². The van der Waals surface area contributed by atoms with Crippen LogP contribution in [0.1, 0.15) is 26.2 Å². The molecule has 0 aromatic heterocycles. The van der Waals surface area contributed by atoms with E-state index < -0.39 is 20.7 Å². The smallest absolute Gasteiger partial charge is 0.243 e. The summed E-state index contributed by atoms with van der Waals surface area (Å²) in [6, 6.07) is 2.40. The predicted molar refractivity (Wildman–Crippen MR) is 75.6 cm³/mol. The maximum atomic E-state index is 13.9. The highest BCUT2D eigenvalue weighted by Gasteiger charge is 2.40. The van der Waals surface area contributed by atoms with Crippen LogP contribution in [-0.4, -0.2) is 14.5 Å². The van der Waals surface area contributed by atoms with Crippen LogP contribution in [0.4, 0.5) is 10.1 Å². The Morgan fingerprint density at radius 2 is 2.21 bits per heavy atom. The number of nitrogen functional groups attached to an aromatic ring is 1. The van der Waals surface area contributed by atoms with E-state index in [4.69, 9.17) is 5.73 Å². The van der Waals surface area contributed by atoms with Crippen LogP contribution in [-0.2, 0) is 10.0 Å². The molecule has 1 aliphatic carbocycles. The molecule has 2 rings (SSSR count). The van der Waals surface area contributed by atoms with Gasteiger partial charge in [0, 0.05) is 11.7 Å². The van der Waals surface area contributed by atoms with E-state index in [1.54, 1.807) is 0 Å². The Balaban J connectivity index is 2.21. The van der Waals surface area contributed by atoms with Gasteiger partial charge in [-0.3, -0.25) is 0 Å². The summed E-state index contributed by atoms with van der Waals surface area (Å²) in [7, 11) is -3.86. The van der Waals surface area contributed by atoms with E-state index in [1.807, 2.05) is 0 Å². The topological polar surface area (TPSA) is 72.2 Å². The summed E-state index contributed by atoms with van der Waals surface area (Å²) in [5.41, 5.74) is 5.76. The Morgan fingerprint density at radius 1 is 1.53 bits per heavy atom. The van der Waals surface area contributed by atoms with E-state index in [9.17, 15) is 12.8 Å². The van der Waals surface area contributed by atoms with Gasteiger partial charge in [0.25, 0.3) is 0 Å². The lowest BCUT2D eigenvalue weighted by Gasteiger charge is -2.09. The van der Waals surface area contributed by atoms with Crippen LogP contribution in [0.5, 0.6) is 0 Å². The van der Waals surface area contributed by atoms with Crippen molar-refractivity contribution in [3.8, 4) is 0 Å². The number of halogens is 2. The molecule has 0 radical (unpaired) electrons. The number of nitrogens with one attached hydrogen (secondary N) is 1. The quantitative estimate of drug-likeness (QED) is 0.801. The van der Waals surface area contributed by atoms with Gasteiger partial charge in [0.05, 0.1) is 4.47 Å². The molecule has 2 unspecified atom stereocenters. The lowest BCUT2D eigenvalue weighted by Crippen LogP contribution is -2.28. The van der Waals surface area contributed by atoms with Gasteiger partial charge >= 0.3 is 0 Å². The van der Waals surface area contributed by atoms with Crippen LogP contribution in [0.15, 0.2) is 21.5 Å².